The summed E-state index contributed by atoms with van der Waals surface area (Å²) in [5.74, 6) is 1.56. The molecule has 2 N–H and O–H groups in total. The predicted octanol–water partition coefficient (Wildman–Crippen LogP) is 4.66. The Morgan fingerprint density at radius 3 is 2.56 bits per heavy atom. The van der Waals surface area contributed by atoms with Gasteiger partial charge >= 0.3 is 0 Å². The second-order valence-electron chi connectivity index (χ2n) is 3.97. The summed E-state index contributed by atoms with van der Waals surface area (Å²) in [4.78, 5) is 0. The molecule has 2 rings (SSSR count). The highest BCUT2D eigenvalue weighted by molar-refractivity contribution is 9.10. The van der Waals surface area contributed by atoms with Gasteiger partial charge in [-0.25, -0.2) is 0 Å². The summed E-state index contributed by atoms with van der Waals surface area (Å²) in [6, 6.07) is 11.3. The zero-order chi connectivity index (χ0) is 13.1. The third-order valence-electron chi connectivity index (χ3n) is 2.60. The van der Waals surface area contributed by atoms with Crippen LogP contribution in [0.15, 0.2) is 40.9 Å². The third-order valence-corrected chi connectivity index (χ3v) is 3.33. The van der Waals surface area contributed by atoms with Crippen LogP contribution in [-0.4, -0.2) is 0 Å². The lowest BCUT2D eigenvalue weighted by Crippen LogP contribution is -1.99. The zero-order valence-corrected chi connectivity index (χ0v) is 12.3. The molecule has 0 unspecified atom stereocenters. The summed E-state index contributed by atoms with van der Waals surface area (Å²) in [5, 5.41) is 0.662. The second-order valence-corrected chi connectivity index (χ2v) is 5.32. The van der Waals surface area contributed by atoms with Gasteiger partial charge in [0.25, 0.3) is 0 Å². The van der Waals surface area contributed by atoms with Crippen molar-refractivity contribution in [2.45, 2.75) is 13.5 Å². The molecule has 4 heteroatoms. The van der Waals surface area contributed by atoms with Crippen LogP contribution in [0.2, 0.25) is 5.02 Å². The molecule has 0 fully saturated rings. The quantitative estimate of drug-likeness (QED) is 0.890. The number of nitrogens with two attached hydrogens (primary N) is 1. The number of rotatable bonds is 3. The van der Waals surface area contributed by atoms with Crippen LogP contribution in [0.1, 0.15) is 11.1 Å². The van der Waals surface area contributed by atoms with E-state index in [2.05, 4.69) is 15.9 Å². The van der Waals surface area contributed by atoms with Gasteiger partial charge in [-0.3, -0.25) is 0 Å². The van der Waals surface area contributed by atoms with Gasteiger partial charge in [-0.2, -0.15) is 0 Å². The van der Waals surface area contributed by atoms with E-state index in [0.29, 0.717) is 11.6 Å². The number of aryl methyl sites for hydroxylation is 1. The highest BCUT2D eigenvalue weighted by atomic mass is 79.9. The molecule has 0 aliphatic heterocycles. The average Bonchev–Trinajstić information content (AvgIpc) is 2.34. The van der Waals surface area contributed by atoms with Gasteiger partial charge < -0.3 is 10.5 Å². The minimum Gasteiger partial charge on any atom is -0.457 e. The van der Waals surface area contributed by atoms with Crippen LogP contribution in [0.4, 0.5) is 0 Å². The Kier molecular flexibility index (Phi) is 4.27. The van der Waals surface area contributed by atoms with Gasteiger partial charge in [0.1, 0.15) is 11.5 Å². The first-order valence-electron chi connectivity index (χ1n) is 5.52. The van der Waals surface area contributed by atoms with E-state index >= 15 is 0 Å². The molecule has 0 aromatic heterocycles. The van der Waals surface area contributed by atoms with E-state index in [4.69, 9.17) is 22.1 Å². The van der Waals surface area contributed by atoms with Gasteiger partial charge in [-0.15, -0.1) is 0 Å². The van der Waals surface area contributed by atoms with Gasteiger partial charge in [-0.1, -0.05) is 27.5 Å². The predicted molar refractivity (Wildman–Crippen MR) is 78.3 cm³/mol. The van der Waals surface area contributed by atoms with Crippen LogP contribution < -0.4 is 10.5 Å². The Labute approximate surface area is 120 Å². The fourth-order valence-electron chi connectivity index (χ4n) is 1.65. The summed E-state index contributed by atoms with van der Waals surface area (Å²) in [6.07, 6.45) is 0. The molecule has 0 spiro atoms. The molecule has 0 radical (unpaired) electrons. The van der Waals surface area contributed by atoms with Gasteiger partial charge in [0.15, 0.2) is 0 Å². The van der Waals surface area contributed by atoms with Crippen LogP contribution in [0, 0.1) is 6.92 Å². The standard InChI is InChI=1S/C14H13BrClNO/c1-9-6-11(15)2-4-13(9)18-14-5-3-12(16)7-10(14)8-17/h2-7H,8,17H2,1H3. The van der Waals surface area contributed by atoms with Gasteiger partial charge in [0, 0.05) is 21.6 Å². The molecule has 2 nitrogen and oxygen atoms in total. The van der Waals surface area contributed by atoms with Gasteiger partial charge in [0.2, 0.25) is 0 Å². The normalized spacial score (nSPS) is 10.4. The summed E-state index contributed by atoms with van der Waals surface area (Å²) >= 11 is 9.36. The van der Waals surface area contributed by atoms with Crippen molar-refractivity contribution in [3.05, 3.63) is 57.0 Å². The first-order valence-corrected chi connectivity index (χ1v) is 6.70. The Balaban J connectivity index is 2.33. The van der Waals surface area contributed by atoms with Crippen molar-refractivity contribution in [2.24, 2.45) is 5.73 Å². The molecule has 0 amide bonds. The topological polar surface area (TPSA) is 35.2 Å². The van der Waals surface area contributed by atoms with Crippen molar-refractivity contribution < 1.29 is 4.74 Å². The van der Waals surface area contributed by atoms with Crippen molar-refractivity contribution >= 4 is 27.5 Å². The van der Waals surface area contributed by atoms with E-state index in [9.17, 15) is 0 Å². The molecule has 0 aliphatic rings. The second kappa shape index (κ2) is 5.74. The lowest BCUT2D eigenvalue weighted by atomic mass is 10.2. The number of benzene rings is 2. The molecule has 18 heavy (non-hydrogen) atoms. The number of ether oxygens (including phenoxy) is 1. The SMILES string of the molecule is Cc1cc(Br)ccc1Oc1ccc(Cl)cc1CN. The summed E-state index contributed by atoms with van der Waals surface area (Å²) in [7, 11) is 0. The van der Waals surface area contributed by atoms with E-state index in [0.717, 1.165) is 27.1 Å². The first-order chi connectivity index (χ1) is 8.60. The molecule has 0 heterocycles. The maximum atomic E-state index is 5.93. The zero-order valence-electron chi connectivity index (χ0n) is 9.91. The lowest BCUT2D eigenvalue weighted by Gasteiger charge is -2.12. The third kappa shape index (κ3) is 3.05. The molecular formula is C14H13BrClNO. The van der Waals surface area contributed by atoms with E-state index in [1.807, 2.05) is 37.3 Å². The van der Waals surface area contributed by atoms with Crippen molar-refractivity contribution in [3.8, 4) is 11.5 Å². The molecule has 94 valence electrons. The van der Waals surface area contributed by atoms with Crippen molar-refractivity contribution in [1.29, 1.82) is 0 Å². The van der Waals surface area contributed by atoms with Gasteiger partial charge in [0.05, 0.1) is 0 Å². The molecule has 2 aromatic rings. The smallest absolute Gasteiger partial charge is 0.132 e. The molecule has 0 saturated carbocycles. The van der Waals surface area contributed by atoms with E-state index < -0.39 is 0 Å². The molecule has 0 bridgehead atoms. The Morgan fingerprint density at radius 2 is 1.89 bits per heavy atom. The van der Waals surface area contributed by atoms with Crippen LogP contribution in [-0.2, 0) is 6.54 Å². The summed E-state index contributed by atoms with van der Waals surface area (Å²) in [5.41, 5.74) is 7.64. The van der Waals surface area contributed by atoms with Crippen LogP contribution in [0.5, 0.6) is 11.5 Å². The lowest BCUT2D eigenvalue weighted by molar-refractivity contribution is 0.472. The minimum atomic E-state index is 0.394. The molecule has 0 aliphatic carbocycles. The van der Waals surface area contributed by atoms with E-state index in [-0.39, 0.29) is 0 Å². The first kappa shape index (κ1) is 13.4. The van der Waals surface area contributed by atoms with Crippen molar-refractivity contribution in [2.75, 3.05) is 0 Å². The van der Waals surface area contributed by atoms with Gasteiger partial charge in [-0.05, 0) is 48.9 Å². The summed E-state index contributed by atoms with van der Waals surface area (Å²) in [6.45, 7) is 2.39. The van der Waals surface area contributed by atoms with Crippen LogP contribution >= 0.6 is 27.5 Å². The minimum absolute atomic E-state index is 0.394. The van der Waals surface area contributed by atoms with Crippen molar-refractivity contribution in [1.82, 2.24) is 0 Å². The highest BCUT2D eigenvalue weighted by Crippen LogP contribution is 2.30. The fraction of sp³-hybridized carbons (Fsp3) is 0.143. The molecular weight excluding hydrogens is 314 g/mol. The van der Waals surface area contributed by atoms with E-state index in [1.165, 1.54) is 0 Å². The molecule has 2 aromatic carbocycles. The fourth-order valence-corrected chi connectivity index (χ4v) is 2.32. The highest BCUT2D eigenvalue weighted by Gasteiger charge is 2.07. The number of hydrogen-bond donors (Lipinski definition) is 1. The maximum absolute atomic E-state index is 5.93. The van der Waals surface area contributed by atoms with E-state index in [1.54, 1.807) is 6.07 Å². The molecule has 0 atom stereocenters. The number of halogens is 2. The Morgan fingerprint density at radius 1 is 1.17 bits per heavy atom. The number of hydrogen-bond acceptors (Lipinski definition) is 2. The van der Waals surface area contributed by atoms with Crippen LogP contribution in [0.3, 0.4) is 0 Å². The maximum Gasteiger partial charge on any atom is 0.132 e. The largest absolute Gasteiger partial charge is 0.457 e. The van der Waals surface area contributed by atoms with Crippen LogP contribution in [0.25, 0.3) is 0 Å². The Bertz CT molecular complexity index is 572. The molecule has 0 saturated heterocycles. The van der Waals surface area contributed by atoms with Crippen molar-refractivity contribution in [3.63, 3.8) is 0 Å². The monoisotopic (exact) mass is 325 g/mol. The summed E-state index contributed by atoms with van der Waals surface area (Å²) < 4.78 is 6.91. The average molecular weight is 327 g/mol. The Hall–Kier alpha value is -1.03.